The van der Waals surface area contributed by atoms with Crippen molar-refractivity contribution < 1.29 is 14.3 Å². The van der Waals surface area contributed by atoms with Gasteiger partial charge in [-0.3, -0.25) is 9.59 Å². The van der Waals surface area contributed by atoms with Gasteiger partial charge in [-0.25, -0.2) is 0 Å². The van der Waals surface area contributed by atoms with Gasteiger partial charge in [0.25, 0.3) is 0 Å². The van der Waals surface area contributed by atoms with Crippen LogP contribution in [0.1, 0.15) is 19.8 Å². The van der Waals surface area contributed by atoms with E-state index in [0.717, 1.165) is 6.42 Å². The third-order valence-corrected chi connectivity index (χ3v) is 3.50. The molecular weight excluding hydrogens is 180 g/mol. The second-order valence-corrected chi connectivity index (χ2v) is 3.98. The summed E-state index contributed by atoms with van der Waals surface area (Å²) in [6.45, 7) is 1.91. The zero-order chi connectivity index (χ0) is 10.3. The van der Waals surface area contributed by atoms with Gasteiger partial charge >= 0.3 is 5.97 Å². The van der Waals surface area contributed by atoms with E-state index in [2.05, 4.69) is 0 Å². The number of methoxy groups -OCH3 is 1. The van der Waals surface area contributed by atoms with Crippen molar-refractivity contribution >= 4 is 11.8 Å². The average molecular weight is 194 g/mol. The van der Waals surface area contributed by atoms with Gasteiger partial charge in [0.1, 0.15) is 5.41 Å². The van der Waals surface area contributed by atoms with Gasteiger partial charge in [-0.2, -0.15) is 0 Å². The summed E-state index contributed by atoms with van der Waals surface area (Å²) in [5, 5.41) is 0. The van der Waals surface area contributed by atoms with Crippen LogP contribution in [0.5, 0.6) is 0 Å². The molecule has 0 aromatic carbocycles. The number of allylic oxidation sites excluding steroid dienone is 2. The Labute approximate surface area is 83.1 Å². The molecule has 0 aromatic heterocycles. The fourth-order valence-electron chi connectivity index (χ4n) is 2.85. The molecule has 0 N–H and O–H groups in total. The van der Waals surface area contributed by atoms with Crippen LogP contribution in [-0.4, -0.2) is 18.9 Å². The number of esters is 1. The predicted octanol–water partition coefficient (Wildman–Crippen LogP) is 1.33. The maximum atomic E-state index is 11.7. The van der Waals surface area contributed by atoms with Crippen LogP contribution in [0.15, 0.2) is 12.2 Å². The molecule has 3 atom stereocenters. The maximum absolute atomic E-state index is 11.7. The van der Waals surface area contributed by atoms with Gasteiger partial charge in [-0.1, -0.05) is 12.2 Å². The van der Waals surface area contributed by atoms with E-state index in [1.165, 1.54) is 7.11 Å². The molecule has 0 aromatic rings. The van der Waals surface area contributed by atoms with Crippen LogP contribution < -0.4 is 0 Å². The Morgan fingerprint density at radius 1 is 1.64 bits per heavy atom. The van der Waals surface area contributed by atoms with Gasteiger partial charge in [0.15, 0.2) is 5.78 Å². The number of hydrogen-bond donors (Lipinski definition) is 0. The van der Waals surface area contributed by atoms with Crippen molar-refractivity contribution in [3.05, 3.63) is 12.2 Å². The molecule has 76 valence electrons. The Morgan fingerprint density at radius 3 is 2.93 bits per heavy atom. The summed E-state index contributed by atoms with van der Waals surface area (Å²) in [6.07, 6.45) is 5.23. The van der Waals surface area contributed by atoms with Crippen molar-refractivity contribution in [1.29, 1.82) is 0 Å². The molecule has 0 spiro atoms. The monoisotopic (exact) mass is 194 g/mol. The quantitative estimate of drug-likeness (QED) is 0.378. The fraction of sp³-hybridized carbons (Fsp3) is 0.636. The number of hydrogen-bond acceptors (Lipinski definition) is 3. The Hall–Kier alpha value is -1.12. The normalized spacial score (nSPS) is 40.0. The lowest BCUT2D eigenvalue weighted by atomic mass is 9.98. The molecule has 14 heavy (non-hydrogen) atoms. The Bertz CT molecular complexity index is 318. The highest BCUT2D eigenvalue weighted by Gasteiger charge is 2.75. The lowest BCUT2D eigenvalue weighted by molar-refractivity contribution is -0.151. The average Bonchev–Trinajstić information content (AvgIpc) is 2.69. The Morgan fingerprint density at radius 2 is 2.36 bits per heavy atom. The smallest absolute Gasteiger partial charge is 0.320 e. The SMILES string of the molecule is CC=CC1C2CCC(=O)C12C(=O)OC. The van der Waals surface area contributed by atoms with Gasteiger partial charge in [-0.05, 0) is 19.3 Å². The fourth-order valence-corrected chi connectivity index (χ4v) is 2.85. The van der Waals surface area contributed by atoms with Crippen LogP contribution in [-0.2, 0) is 14.3 Å². The largest absolute Gasteiger partial charge is 0.468 e. The zero-order valence-electron chi connectivity index (χ0n) is 8.45. The van der Waals surface area contributed by atoms with E-state index in [4.69, 9.17) is 4.74 Å². The molecule has 2 aliphatic carbocycles. The first-order chi connectivity index (χ1) is 6.69. The summed E-state index contributed by atoms with van der Waals surface area (Å²) in [6, 6.07) is 0. The van der Waals surface area contributed by atoms with Gasteiger partial charge in [0, 0.05) is 12.3 Å². The van der Waals surface area contributed by atoms with E-state index in [1.54, 1.807) is 0 Å². The first kappa shape index (κ1) is 9.44. The van der Waals surface area contributed by atoms with Gasteiger partial charge < -0.3 is 4.74 Å². The molecule has 3 nitrogen and oxygen atoms in total. The van der Waals surface area contributed by atoms with Crippen molar-refractivity contribution in [2.45, 2.75) is 19.8 Å². The maximum Gasteiger partial charge on any atom is 0.320 e. The summed E-state index contributed by atoms with van der Waals surface area (Å²) in [4.78, 5) is 23.3. The van der Waals surface area contributed by atoms with Crippen LogP contribution in [0.25, 0.3) is 0 Å². The van der Waals surface area contributed by atoms with Crippen molar-refractivity contribution in [1.82, 2.24) is 0 Å². The molecule has 0 heterocycles. The van der Waals surface area contributed by atoms with E-state index >= 15 is 0 Å². The minimum absolute atomic E-state index is 0.0671. The number of ketones is 1. The van der Waals surface area contributed by atoms with Crippen molar-refractivity contribution in [3.8, 4) is 0 Å². The van der Waals surface area contributed by atoms with Crippen molar-refractivity contribution in [3.63, 3.8) is 0 Å². The number of carbonyl (C=O) groups is 2. The molecule has 0 bridgehead atoms. The van der Waals surface area contributed by atoms with Gasteiger partial charge in [0.05, 0.1) is 7.11 Å². The summed E-state index contributed by atoms with van der Waals surface area (Å²) in [5.41, 5.74) is -0.790. The third kappa shape index (κ3) is 0.873. The number of ether oxygens (including phenoxy) is 1. The first-order valence-electron chi connectivity index (χ1n) is 4.94. The predicted molar refractivity (Wildman–Crippen MR) is 50.5 cm³/mol. The Balaban J connectivity index is 2.30. The molecule has 0 amide bonds. The summed E-state index contributed by atoms with van der Waals surface area (Å²) >= 11 is 0. The molecule has 2 fully saturated rings. The molecule has 0 radical (unpaired) electrons. The number of Topliss-reactive ketones (excluding diaryl/α,β-unsaturated/α-hetero) is 1. The minimum Gasteiger partial charge on any atom is -0.468 e. The molecule has 3 heteroatoms. The van der Waals surface area contributed by atoms with Gasteiger partial charge in [0.2, 0.25) is 0 Å². The summed E-state index contributed by atoms with van der Waals surface area (Å²) in [5.74, 6) is 0.0328. The molecule has 0 saturated heterocycles. The van der Waals surface area contributed by atoms with Crippen LogP contribution in [0.3, 0.4) is 0 Å². The molecule has 2 saturated carbocycles. The highest BCUT2D eigenvalue weighted by molar-refractivity contribution is 6.10. The summed E-state index contributed by atoms with van der Waals surface area (Å²) in [7, 11) is 1.35. The lowest BCUT2D eigenvalue weighted by Crippen LogP contribution is -2.27. The third-order valence-electron chi connectivity index (χ3n) is 3.50. The molecule has 2 rings (SSSR count). The highest BCUT2D eigenvalue weighted by Crippen LogP contribution is 2.67. The standard InChI is InChI=1S/C11H14O3/c1-3-4-7-8-5-6-9(12)11(7,8)10(13)14-2/h3-4,7-8H,5-6H2,1-2H3. The van der Waals surface area contributed by atoms with Crippen LogP contribution in [0.4, 0.5) is 0 Å². The van der Waals surface area contributed by atoms with Crippen LogP contribution in [0.2, 0.25) is 0 Å². The van der Waals surface area contributed by atoms with E-state index in [-0.39, 0.29) is 23.6 Å². The first-order valence-corrected chi connectivity index (χ1v) is 4.94. The zero-order valence-corrected chi connectivity index (χ0v) is 8.45. The van der Waals surface area contributed by atoms with Crippen LogP contribution in [0, 0.1) is 17.3 Å². The second kappa shape index (κ2) is 2.94. The molecular formula is C11H14O3. The molecule has 2 aliphatic rings. The van der Waals surface area contributed by atoms with E-state index < -0.39 is 5.41 Å². The van der Waals surface area contributed by atoms with E-state index in [9.17, 15) is 9.59 Å². The number of fused-ring (bicyclic) bond motifs is 1. The van der Waals surface area contributed by atoms with Crippen molar-refractivity contribution in [2.75, 3.05) is 7.11 Å². The number of carbonyl (C=O) groups excluding carboxylic acids is 2. The molecule has 3 unspecified atom stereocenters. The lowest BCUT2D eigenvalue weighted by Gasteiger charge is -2.09. The minimum atomic E-state index is -0.790. The Kier molecular flexibility index (Phi) is 1.98. The second-order valence-electron chi connectivity index (χ2n) is 3.98. The van der Waals surface area contributed by atoms with E-state index in [1.807, 2.05) is 19.1 Å². The topological polar surface area (TPSA) is 43.4 Å². The van der Waals surface area contributed by atoms with E-state index in [0.29, 0.717) is 6.42 Å². The highest BCUT2D eigenvalue weighted by atomic mass is 16.5. The van der Waals surface area contributed by atoms with Gasteiger partial charge in [-0.15, -0.1) is 0 Å². The molecule has 0 aliphatic heterocycles. The number of rotatable bonds is 2. The van der Waals surface area contributed by atoms with Crippen LogP contribution >= 0.6 is 0 Å². The van der Waals surface area contributed by atoms with Crippen molar-refractivity contribution in [2.24, 2.45) is 17.3 Å². The summed E-state index contributed by atoms with van der Waals surface area (Å²) < 4.78 is 4.73.